The molecule has 29 heavy (non-hydrogen) atoms. The first-order valence-electron chi connectivity index (χ1n) is 11.5. The predicted octanol–water partition coefficient (Wildman–Crippen LogP) is 6.54. The lowest BCUT2D eigenvalue weighted by atomic mass is 9.52. The molecule has 2 aliphatic carbocycles. The number of methoxy groups -OCH3 is 2. The molecule has 0 heterocycles. The van der Waals surface area contributed by atoms with Gasteiger partial charge in [0.15, 0.2) is 11.5 Å². The third kappa shape index (κ3) is 4.73. The van der Waals surface area contributed by atoms with Crippen LogP contribution in [0.5, 0.6) is 11.5 Å². The van der Waals surface area contributed by atoms with Gasteiger partial charge in [-0.25, -0.2) is 4.39 Å². The highest BCUT2D eigenvalue weighted by atomic mass is 19.1. The van der Waals surface area contributed by atoms with Gasteiger partial charge in [0.1, 0.15) is 5.82 Å². The lowest BCUT2D eigenvalue weighted by Crippen LogP contribution is -2.44. The van der Waals surface area contributed by atoms with E-state index in [1.807, 2.05) is 13.8 Å². The minimum Gasteiger partial charge on any atom is -0.493 e. The summed E-state index contributed by atoms with van der Waals surface area (Å²) in [5.41, 5.74) is 1.20. The summed E-state index contributed by atoms with van der Waals surface area (Å²) in [5, 5.41) is 9.54. The van der Waals surface area contributed by atoms with Gasteiger partial charge in [0.2, 0.25) is 0 Å². The van der Waals surface area contributed by atoms with Crippen LogP contribution in [0.2, 0.25) is 0 Å². The van der Waals surface area contributed by atoms with E-state index in [1.54, 1.807) is 20.3 Å². The molecule has 3 rings (SSSR count). The number of aliphatic hydroxyl groups is 1. The fourth-order valence-corrected chi connectivity index (χ4v) is 6.07. The SMILES string of the molecule is CC.COc1cc(CO)c(F)c(CCC2C(C)CCC3CCCCC32C)c1OC. The molecule has 1 N–H and O–H groups in total. The second-order valence-corrected chi connectivity index (χ2v) is 8.87. The Hall–Kier alpha value is -1.29. The summed E-state index contributed by atoms with van der Waals surface area (Å²) in [7, 11) is 3.11. The van der Waals surface area contributed by atoms with Crippen molar-refractivity contribution in [2.45, 2.75) is 85.7 Å². The second kappa shape index (κ2) is 10.7. The average Bonchev–Trinajstić information content (AvgIpc) is 2.74. The molecular formula is C25H41FO3. The number of rotatable bonds is 6. The maximum atomic E-state index is 15.0. The van der Waals surface area contributed by atoms with E-state index in [2.05, 4.69) is 13.8 Å². The monoisotopic (exact) mass is 408 g/mol. The summed E-state index contributed by atoms with van der Waals surface area (Å²) in [5.74, 6) is 2.71. The topological polar surface area (TPSA) is 38.7 Å². The van der Waals surface area contributed by atoms with Gasteiger partial charge in [0.25, 0.3) is 0 Å². The molecule has 4 unspecified atom stereocenters. The van der Waals surface area contributed by atoms with E-state index < -0.39 is 0 Å². The van der Waals surface area contributed by atoms with Crippen LogP contribution in [-0.4, -0.2) is 19.3 Å². The van der Waals surface area contributed by atoms with E-state index in [4.69, 9.17) is 9.47 Å². The first kappa shape index (κ1) is 24.0. The van der Waals surface area contributed by atoms with Gasteiger partial charge in [-0.2, -0.15) is 0 Å². The zero-order valence-electron chi connectivity index (χ0n) is 19.3. The van der Waals surface area contributed by atoms with Crippen molar-refractivity contribution in [3.8, 4) is 11.5 Å². The number of fused-ring (bicyclic) bond motifs is 1. The van der Waals surface area contributed by atoms with Crippen LogP contribution in [-0.2, 0) is 13.0 Å². The Balaban J connectivity index is 0.00000145. The minimum absolute atomic E-state index is 0.279. The van der Waals surface area contributed by atoms with Gasteiger partial charge >= 0.3 is 0 Å². The molecule has 4 heteroatoms. The molecule has 3 nitrogen and oxygen atoms in total. The van der Waals surface area contributed by atoms with Gasteiger partial charge in [-0.1, -0.05) is 47.0 Å². The van der Waals surface area contributed by atoms with E-state index in [0.717, 1.165) is 12.3 Å². The third-order valence-electron chi connectivity index (χ3n) is 7.60. The van der Waals surface area contributed by atoms with Crippen molar-refractivity contribution in [3.63, 3.8) is 0 Å². The van der Waals surface area contributed by atoms with Crippen molar-refractivity contribution < 1.29 is 19.0 Å². The zero-order chi connectivity index (χ0) is 21.6. The molecule has 2 fully saturated rings. The van der Waals surface area contributed by atoms with Gasteiger partial charge in [-0.05, 0) is 61.3 Å². The van der Waals surface area contributed by atoms with Crippen molar-refractivity contribution in [1.82, 2.24) is 0 Å². The Morgan fingerprint density at radius 1 is 1.14 bits per heavy atom. The van der Waals surface area contributed by atoms with Crippen molar-refractivity contribution in [2.24, 2.45) is 23.2 Å². The first-order valence-corrected chi connectivity index (χ1v) is 11.5. The summed E-state index contributed by atoms with van der Waals surface area (Å²) in [4.78, 5) is 0. The van der Waals surface area contributed by atoms with Crippen molar-refractivity contribution in [3.05, 3.63) is 23.0 Å². The second-order valence-electron chi connectivity index (χ2n) is 8.87. The number of benzene rings is 1. The highest BCUT2D eigenvalue weighted by Gasteiger charge is 2.47. The van der Waals surface area contributed by atoms with Crippen LogP contribution < -0.4 is 9.47 Å². The van der Waals surface area contributed by atoms with Gasteiger partial charge < -0.3 is 14.6 Å². The molecular weight excluding hydrogens is 367 g/mol. The Morgan fingerprint density at radius 2 is 1.86 bits per heavy atom. The van der Waals surface area contributed by atoms with Crippen molar-refractivity contribution in [1.29, 1.82) is 0 Å². The Bertz CT molecular complexity index is 660. The highest BCUT2D eigenvalue weighted by Crippen LogP contribution is 2.56. The highest BCUT2D eigenvalue weighted by molar-refractivity contribution is 5.50. The van der Waals surface area contributed by atoms with Crippen LogP contribution in [0.3, 0.4) is 0 Å². The van der Waals surface area contributed by atoms with Crippen LogP contribution in [0, 0.1) is 29.0 Å². The van der Waals surface area contributed by atoms with Gasteiger partial charge in [-0.3, -0.25) is 0 Å². The van der Waals surface area contributed by atoms with Crippen LogP contribution in [0.15, 0.2) is 6.07 Å². The molecule has 0 amide bonds. The Morgan fingerprint density at radius 3 is 2.48 bits per heavy atom. The van der Waals surface area contributed by atoms with Gasteiger partial charge in [0.05, 0.1) is 20.8 Å². The van der Waals surface area contributed by atoms with E-state index in [-0.39, 0.29) is 18.0 Å². The fourth-order valence-electron chi connectivity index (χ4n) is 6.07. The summed E-state index contributed by atoms with van der Waals surface area (Å²) in [6.45, 7) is 8.52. The molecule has 0 spiro atoms. The molecule has 166 valence electrons. The standard InChI is InChI=1S/C23H35FO3.C2H6/c1-15-8-9-17-7-5-6-12-23(17,2)19(15)11-10-18-21(24)16(14-25)13-20(26-3)22(18)27-4;1-2/h13,15,17,19,25H,5-12,14H2,1-4H3;1-2H3. The summed E-state index contributed by atoms with van der Waals surface area (Å²) in [6, 6.07) is 1.54. The van der Waals surface area contributed by atoms with Crippen LogP contribution in [0.25, 0.3) is 0 Å². The smallest absolute Gasteiger partial charge is 0.166 e. The number of aliphatic hydroxyl groups excluding tert-OH is 1. The number of hydrogen-bond donors (Lipinski definition) is 1. The maximum absolute atomic E-state index is 15.0. The maximum Gasteiger partial charge on any atom is 0.166 e. The molecule has 1 aromatic rings. The molecule has 0 bridgehead atoms. The third-order valence-corrected chi connectivity index (χ3v) is 7.60. The summed E-state index contributed by atoms with van der Waals surface area (Å²) >= 11 is 0. The van der Waals surface area contributed by atoms with E-state index in [0.29, 0.717) is 40.7 Å². The number of halogens is 1. The largest absolute Gasteiger partial charge is 0.493 e. The molecule has 0 radical (unpaired) electrons. The van der Waals surface area contributed by atoms with E-state index in [9.17, 15) is 5.11 Å². The average molecular weight is 409 g/mol. The lowest BCUT2D eigenvalue weighted by molar-refractivity contribution is -0.0336. The van der Waals surface area contributed by atoms with E-state index in [1.165, 1.54) is 38.5 Å². The number of hydrogen-bond acceptors (Lipinski definition) is 3. The predicted molar refractivity (Wildman–Crippen MR) is 117 cm³/mol. The fraction of sp³-hybridized carbons (Fsp3) is 0.760. The molecule has 4 atom stereocenters. The van der Waals surface area contributed by atoms with Crippen molar-refractivity contribution >= 4 is 0 Å². The molecule has 2 aliphatic rings. The lowest BCUT2D eigenvalue weighted by Gasteiger charge is -2.53. The van der Waals surface area contributed by atoms with Crippen molar-refractivity contribution in [2.75, 3.05) is 14.2 Å². The minimum atomic E-state index is -0.344. The van der Waals surface area contributed by atoms with Gasteiger partial charge in [-0.15, -0.1) is 0 Å². The Labute approximate surface area is 177 Å². The first-order chi connectivity index (χ1) is 14.0. The molecule has 0 saturated heterocycles. The quantitative estimate of drug-likeness (QED) is 0.581. The Kier molecular flexibility index (Phi) is 8.81. The van der Waals surface area contributed by atoms with Crippen LogP contribution in [0.1, 0.15) is 83.8 Å². The zero-order valence-corrected chi connectivity index (χ0v) is 19.3. The molecule has 2 saturated carbocycles. The van der Waals surface area contributed by atoms with Gasteiger partial charge in [0, 0.05) is 11.1 Å². The molecule has 0 aromatic heterocycles. The molecule has 1 aromatic carbocycles. The summed E-state index contributed by atoms with van der Waals surface area (Å²) < 4.78 is 25.9. The van der Waals surface area contributed by atoms with E-state index >= 15 is 4.39 Å². The molecule has 0 aliphatic heterocycles. The summed E-state index contributed by atoms with van der Waals surface area (Å²) in [6.07, 6.45) is 9.54. The van der Waals surface area contributed by atoms with Crippen LogP contribution >= 0.6 is 0 Å². The number of ether oxygens (including phenoxy) is 2. The normalized spacial score (nSPS) is 28.8. The van der Waals surface area contributed by atoms with Crippen LogP contribution in [0.4, 0.5) is 4.39 Å².